The second kappa shape index (κ2) is 5.55. The Morgan fingerprint density at radius 3 is 2.57 bits per heavy atom. The lowest BCUT2D eigenvalue weighted by molar-refractivity contribution is -0.139. The Kier molecular flexibility index (Phi) is 3.97. The number of rotatable bonds is 5. The van der Waals surface area contributed by atoms with Gasteiger partial charge < -0.3 is 14.2 Å². The monoisotopic (exact) mass is 290 g/mol. The maximum absolute atomic E-state index is 12.0. The van der Waals surface area contributed by atoms with Crippen molar-refractivity contribution in [1.29, 1.82) is 0 Å². The van der Waals surface area contributed by atoms with Gasteiger partial charge in [0.1, 0.15) is 5.52 Å². The quantitative estimate of drug-likeness (QED) is 0.854. The van der Waals surface area contributed by atoms with Gasteiger partial charge in [0.05, 0.1) is 11.3 Å². The smallest absolute Gasteiger partial charge is 0.341 e. The number of carbonyl (C=O) groups excluding carboxylic acids is 1. The van der Waals surface area contributed by atoms with Gasteiger partial charge in [-0.2, -0.15) is 0 Å². The summed E-state index contributed by atoms with van der Waals surface area (Å²) in [6.45, 7) is 6.71. The molecule has 21 heavy (non-hydrogen) atoms. The number of ether oxygens (including phenoxy) is 1. The van der Waals surface area contributed by atoms with Crippen LogP contribution in [0, 0.1) is 13.8 Å². The van der Waals surface area contributed by atoms with E-state index < -0.39 is 12.6 Å². The number of hydrogen-bond acceptors (Lipinski definition) is 4. The van der Waals surface area contributed by atoms with Crippen molar-refractivity contribution in [3.05, 3.63) is 28.7 Å². The molecule has 0 fully saturated rings. The van der Waals surface area contributed by atoms with Gasteiger partial charge in [-0.05, 0) is 32.8 Å². The molecule has 0 aliphatic rings. The first-order valence-corrected chi connectivity index (χ1v) is 6.73. The number of carbonyl (C=O) groups is 2. The maximum Gasteiger partial charge on any atom is 0.341 e. The van der Waals surface area contributed by atoms with Gasteiger partial charge in [0.25, 0.3) is 0 Å². The normalized spacial score (nSPS) is 10.9. The molecule has 6 heteroatoms. The Morgan fingerprint density at radius 2 is 2.05 bits per heavy atom. The molecule has 2 aromatic heterocycles. The van der Waals surface area contributed by atoms with Gasteiger partial charge in [-0.3, -0.25) is 4.79 Å². The molecule has 0 aliphatic heterocycles. The third kappa shape index (κ3) is 2.61. The topological polar surface area (TPSA) is 80.9 Å². The van der Waals surface area contributed by atoms with Crippen LogP contribution in [-0.4, -0.2) is 32.9 Å². The fourth-order valence-electron chi connectivity index (χ4n) is 2.60. The van der Waals surface area contributed by atoms with Crippen molar-refractivity contribution in [2.45, 2.75) is 34.1 Å². The number of hydrogen-bond donors (Lipinski definition) is 1. The third-order valence-electron chi connectivity index (χ3n) is 3.41. The SMILES string of the molecule is CCc1c(C(C)=O)c2c(OCC(=O)O)nc(C)cn2c1C. The van der Waals surface area contributed by atoms with Crippen LogP contribution in [0.1, 0.15) is 41.2 Å². The Hall–Kier alpha value is -2.37. The lowest BCUT2D eigenvalue weighted by Gasteiger charge is -2.08. The molecule has 2 rings (SSSR count). The van der Waals surface area contributed by atoms with Crippen LogP contribution in [0.15, 0.2) is 6.20 Å². The van der Waals surface area contributed by atoms with Crippen molar-refractivity contribution < 1.29 is 19.4 Å². The first-order valence-electron chi connectivity index (χ1n) is 6.73. The maximum atomic E-state index is 12.0. The Labute approximate surface area is 122 Å². The highest BCUT2D eigenvalue weighted by molar-refractivity contribution is 6.04. The van der Waals surface area contributed by atoms with E-state index in [0.29, 0.717) is 23.2 Å². The van der Waals surface area contributed by atoms with E-state index in [1.54, 1.807) is 6.92 Å². The molecule has 6 nitrogen and oxygen atoms in total. The van der Waals surface area contributed by atoms with Crippen LogP contribution in [0.5, 0.6) is 5.88 Å². The first-order chi connectivity index (χ1) is 9.86. The summed E-state index contributed by atoms with van der Waals surface area (Å²) in [6, 6.07) is 0. The zero-order chi connectivity index (χ0) is 15.7. The molecule has 0 saturated heterocycles. The highest BCUT2D eigenvalue weighted by Crippen LogP contribution is 2.30. The predicted molar refractivity (Wildman–Crippen MR) is 77.2 cm³/mol. The van der Waals surface area contributed by atoms with E-state index in [1.165, 1.54) is 6.92 Å². The molecule has 2 aromatic rings. The number of Topliss-reactive ketones (excluding diaryl/α,β-unsaturated/α-hetero) is 1. The molecule has 1 N–H and O–H groups in total. The van der Waals surface area contributed by atoms with Gasteiger partial charge in [0.2, 0.25) is 5.88 Å². The number of carboxylic acids is 1. The zero-order valence-electron chi connectivity index (χ0n) is 12.6. The van der Waals surface area contributed by atoms with Crippen LogP contribution in [0.3, 0.4) is 0 Å². The molecule has 0 amide bonds. The molecule has 0 atom stereocenters. The van der Waals surface area contributed by atoms with Crippen molar-refractivity contribution in [1.82, 2.24) is 9.38 Å². The van der Waals surface area contributed by atoms with Gasteiger partial charge >= 0.3 is 5.97 Å². The standard InChI is InChI=1S/C15H18N2O4/c1-5-11-9(3)17-6-8(2)16-15(21-7-12(19)20)14(17)13(11)10(4)18/h6H,5,7H2,1-4H3,(H,19,20). The predicted octanol–water partition coefficient (Wildman–Crippen LogP) is 2.18. The molecule has 0 bridgehead atoms. The second-order valence-corrected chi connectivity index (χ2v) is 4.94. The minimum absolute atomic E-state index is 0.0803. The third-order valence-corrected chi connectivity index (χ3v) is 3.41. The summed E-state index contributed by atoms with van der Waals surface area (Å²) in [5.41, 5.74) is 3.68. The van der Waals surface area contributed by atoms with Gasteiger partial charge in [-0.1, -0.05) is 6.92 Å². The second-order valence-electron chi connectivity index (χ2n) is 4.94. The van der Waals surface area contributed by atoms with Crippen LogP contribution >= 0.6 is 0 Å². The van der Waals surface area contributed by atoms with Crippen LogP contribution in [0.4, 0.5) is 0 Å². The minimum Gasteiger partial charge on any atom is -0.479 e. The van der Waals surface area contributed by atoms with E-state index in [1.807, 2.05) is 24.4 Å². The largest absolute Gasteiger partial charge is 0.479 e. The lowest BCUT2D eigenvalue weighted by atomic mass is 10.0. The lowest BCUT2D eigenvalue weighted by Crippen LogP contribution is -2.12. The van der Waals surface area contributed by atoms with E-state index in [9.17, 15) is 9.59 Å². The van der Waals surface area contributed by atoms with Crippen LogP contribution in [-0.2, 0) is 11.2 Å². The molecule has 2 heterocycles. The molecule has 0 saturated carbocycles. The number of carboxylic acid groups (broad SMARTS) is 1. The summed E-state index contributed by atoms with van der Waals surface area (Å²) < 4.78 is 7.14. The fraction of sp³-hybridized carbons (Fsp3) is 0.400. The zero-order valence-corrected chi connectivity index (χ0v) is 12.6. The van der Waals surface area contributed by atoms with E-state index in [2.05, 4.69) is 4.98 Å². The summed E-state index contributed by atoms with van der Waals surface area (Å²) in [5, 5.41) is 8.77. The van der Waals surface area contributed by atoms with Gasteiger partial charge in [-0.25, -0.2) is 9.78 Å². The summed E-state index contributed by atoms with van der Waals surface area (Å²) in [7, 11) is 0. The van der Waals surface area contributed by atoms with E-state index in [-0.39, 0.29) is 11.7 Å². The van der Waals surface area contributed by atoms with E-state index in [0.717, 1.165) is 11.3 Å². The van der Waals surface area contributed by atoms with Crippen molar-refractivity contribution >= 4 is 17.3 Å². The fourth-order valence-corrected chi connectivity index (χ4v) is 2.60. The molecule has 0 spiro atoms. The Morgan fingerprint density at radius 1 is 1.38 bits per heavy atom. The van der Waals surface area contributed by atoms with Crippen molar-refractivity contribution in [2.24, 2.45) is 0 Å². The molecular weight excluding hydrogens is 272 g/mol. The van der Waals surface area contributed by atoms with Crippen molar-refractivity contribution in [2.75, 3.05) is 6.61 Å². The molecule has 0 aromatic carbocycles. The van der Waals surface area contributed by atoms with E-state index in [4.69, 9.17) is 9.84 Å². The minimum atomic E-state index is -1.08. The summed E-state index contributed by atoms with van der Waals surface area (Å²) in [5.74, 6) is -0.978. The highest BCUT2D eigenvalue weighted by Gasteiger charge is 2.22. The molecule has 0 unspecified atom stereocenters. The first kappa shape index (κ1) is 15.0. The number of fused-ring (bicyclic) bond motifs is 1. The highest BCUT2D eigenvalue weighted by atomic mass is 16.5. The van der Waals surface area contributed by atoms with Crippen LogP contribution in [0.25, 0.3) is 5.52 Å². The van der Waals surface area contributed by atoms with Crippen LogP contribution in [0.2, 0.25) is 0 Å². The number of aryl methyl sites for hydroxylation is 2. The number of ketones is 1. The number of nitrogens with zero attached hydrogens (tertiary/aromatic N) is 2. The van der Waals surface area contributed by atoms with Gasteiger partial charge in [0.15, 0.2) is 12.4 Å². The summed E-state index contributed by atoms with van der Waals surface area (Å²) in [4.78, 5) is 27.0. The van der Waals surface area contributed by atoms with Crippen LogP contribution < -0.4 is 4.74 Å². The van der Waals surface area contributed by atoms with E-state index >= 15 is 0 Å². The Balaban J connectivity index is 2.78. The molecule has 0 aliphatic carbocycles. The number of aliphatic carboxylic acids is 1. The molecular formula is C15H18N2O4. The van der Waals surface area contributed by atoms with Gasteiger partial charge in [0, 0.05) is 11.9 Å². The Bertz CT molecular complexity index is 731. The number of aromatic nitrogens is 2. The average Bonchev–Trinajstić information content (AvgIpc) is 2.69. The van der Waals surface area contributed by atoms with Crippen molar-refractivity contribution in [3.63, 3.8) is 0 Å². The van der Waals surface area contributed by atoms with Gasteiger partial charge in [-0.15, -0.1) is 0 Å². The van der Waals surface area contributed by atoms with Crippen molar-refractivity contribution in [3.8, 4) is 5.88 Å². The molecule has 0 radical (unpaired) electrons. The molecule has 112 valence electrons. The average molecular weight is 290 g/mol. The summed E-state index contributed by atoms with van der Waals surface area (Å²) >= 11 is 0. The summed E-state index contributed by atoms with van der Waals surface area (Å²) in [6.07, 6.45) is 2.53.